The fourth-order valence-electron chi connectivity index (χ4n) is 3.48. The van der Waals surface area contributed by atoms with E-state index in [1.807, 2.05) is 6.92 Å². The van der Waals surface area contributed by atoms with Gasteiger partial charge in [0.05, 0.1) is 11.7 Å². The molecule has 2 saturated heterocycles. The lowest BCUT2D eigenvalue weighted by Gasteiger charge is -2.43. The van der Waals surface area contributed by atoms with Gasteiger partial charge < -0.3 is 4.74 Å². The van der Waals surface area contributed by atoms with Gasteiger partial charge in [0.2, 0.25) is 0 Å². The van der Waals surface area contributed by atoms with Crippen molar-refractivity contribution in [2.24, 2.45) is 5.92 Å². The number of allylic oxidation sites excluding steroid dienone is 2. The quantitative estimate of drug-likeness (QED) is 0.600. The lowest BCUT2D eigenvalue weighted by Crippen LogP contribution is -2.53. The van der Waals surface area contributed by atoms with Crippen molar-refractivity contribution in [3.63, 3.8) is 0 Å². The molecule has 3 heterocycles. The van der Waals surface area contributed by atoms with E-state index in [4.69, 9.17) is 4.74 Å². The van der Waals surface area contributed by atoms with E-state index in [1.165, 1.54) is 6.42 Å². The van der Waals surface area contributed by atoms with Gasteiger partial charge in [0.15, 0.2) is 5.78 Å². The molecule has 82 valence electrons. The molecule has 4 unspecified atom stereocenters. The minimum absolute atomic E-state index is 0.0949. The first-order chi connectivity index (χ1) is 7.16. The Hall–Kier alpha value is -0.830. The molecule has 3 heteroatoms. The normalized spacial score (nSPS) is 44.7. The van der Waals surface area contributed by atoms with E-state index < -0.39 is 0 Å². The standard InChI is InChI=1S/C12H17NO2/c1-7-5-10(14)12-9-4-3-8(13(9)2)6-11(12)15-7/h5,8-9,11-12H,3-4,6H2,1-2H3. The van der Waals surface area contributed by atoms with E-state index in [2.05, 4.69) is 11.9 Å². The highest BCUT2D eigenvalue weighted by molar-refractivity contribution is 5.94. The molecule has 0 spiro atoms. The summed E-state index contributed by atoms with van der Waals surface area (Å²) in [4.78, 5) is 14.4. The summed E-state index contributed by atoms with van der Waals surface area (Å²) in [6, 6.07) is 1.06. The van der Waals surface area contributed by atoms with Crippen LogP contribution in [0.4, 0.5) is 0 Å². The minimum Gasteiger partial charge on any atom is -0.494 e. The van der Waals surface area contributed by atoms with E-state index in [1.54, 1.807) is 6.08 Å². The van der Waals surface area contributed by atoms with Gasteiger partial charge in [0, 0.05) is 24.6 Å². The van der Waals surface area contributed by atoms with Crippen LogP contribution in [-0.2, 0) is 9.53 Å². The van der Waals surface area contributed by atoms with E-state index in [0.29, 0.717) is 12.1 Å². The molecule has 15 heavy (non-hydrogen) atoms. The molecule has 0 radical (unpaired) electrons. The van der Waals surface area contributed by atoms with Crippen LogP contribution < -0.4 is 0 Å². The van der Waals surface area contributed by atoms with Crippen molar-refractivity contribution in [2.75, 3.05) is 7.05 Å². The number of ketones is 1. The Morgan fingerprint density at radius 2 is 2.27 bits per heavy atom. The summed E-state index contributed by atoms with van der Waals surface area (Å²) in [5.74, 6) is 1.17. The third-order valence-corrected chi connectivity index (χ3v) is 4.23. The van der Waals surface area contributed by atoms with Crippen LogP contribution >= 0.6 is 0 Å². The van der Waals surface area contributed by atoms with E-state index >= 15 is 0 Å². The second-order valence-electron chi connectivity index (χ2n) is 5.04. The Bertz CT molecular complexity index is 337. The summed E-state index contributed by atoms with van der Waals surface area (Å²) in [5.41, 5.74) is 0. The van der Waals surface area contributed by atoms with Crippen molar-refractivity contribution in [3.8, 4) is 0 Å². The molecule has 0 N–H and O–H groups in total. The highest BCUT2D eigenvalue weighted by atomic mass is 16.5. The molecular formula is C12H17NO2. The van der Waals surface area contributed by atoms with Crippen LogP contribution in [0.15, 0.2) is 11.8 Å². The Balaban J connectivity index is 1.95. The lowest BCUT2D eigenvalue weighted by atomic mass is 9.83. The van der Waals surface area contributed by atoms with Gasteiger partial charge in [-0.25, -0.2) is 0 Å². The Morgan fingerprint density at radius 1 is 1.47 bits per heavy atom. The maximum absolute atomic E-state index is 12.0. The number of hydrogen-bond donors (Lipinski definition) is 0. The molecule has 4 atom stereocenters. The number of carbonyl (C=O) groups is 1. The third-order valence-electron chi connectivity index (χ3n) is 4.23. The first-order valence-corrected chi connectivity index (χ1v) is 5.77. The SMILES string of the molecule is CC1=CC(=O)C2C(CC3CCC2N3C)O1. The maximum atomic E-state index is 12.0. The van der Waals surface area contributed by atoms with Crippen LogP contribution in [0.5, 0.6) is 0 Å². The van der Waals surface area contributed by atoms with Crippen LogP contribution in [0.25, 0.3) is 0 Å². The largest absolute Gasteiger partial charge is 0.494 e. The second kappa shape index (κ2) is 3.08. The van der Waals surface area contributed by atoms with E-state index in [9.17, 15) is 4.79 Å². The van der Waals surface area contributed by atoms with Gasteiger partial charge in [-0.15, -0.1) is 0 Å². The van der Waals surface area contributed by atoms with Gasteiger partial charge in [-0.2, -0.15) is 0 Å². The van der Waals surface area contributed by atoms with Gasteiger partial charge in [-0.05, 0) is 26.8 Å². The minimum atomic E-state index is 0.0949. The molecule has 3 aliphatic heterocycles. The van der Waals surface area contributed by atoms with Gasteiger partial charge in [-0.1, -0.05) is 0 Å². The topological polar surface area (TPSA) is 29.5 Å². The van der Waals surface area contributed by atoms with Crippen LogP contribution in [0.1, 0.15) is 26.2 Å². The highest BCUT2D eigenvalue weighted by Crippen LogP contribution is 2.42. The molecule has 0 amide bonds. The van der Waals surface area contributed by atoms with Crippen molar-refractivity contribution in [3.05, 3.63) is 11.8 Å². The van der Waals surface area contributed by atoms with Crippen LogP contribution in [0.2, 0.25) is 0 Å². The monoisotopic (exact) mass is 207 g/mol. The van der Waals surface area contributed by atoms with E-state index in [-0.39, 0.29) is 17.8 Å². The molecule has 3 nitrogen and oxygen atoms in total. The molecule has 2 fully saturated rings. The number of rotatable bonds is 0. The van der Waals surface area contributed by atoms with Crippen molar-refractivity contribution >= 4 is 5.78 Å². The van der Waals surface area contributed by atoms with Crippen molar-refractivity contribution < 1.29 is 9.53 Å². The molecule has 2 bridgehead atoms. The fraction of sp³-hybridized carbons (Fsp3) is 0.750. The number of carbonyl (C=O) groups excluding carboxylic acids is 1. The summed E-state index contributed by atoms with van der Waals surface area (Å²) in [7, 11) is 2.15. The van der Waals surface area contributed by atoms with Crippen molar-refractivity contribution in [1.29, 1.82) is 0 Å². The Kier molecular flexibility index (Phi) is 1.93. The van der Waals surface area contributed by atoms with Crippen molar-refractivity contribution in [1.82, 2.24) is 4.90 Å². The number of fused-ring (bicyclic) bond motifs is 4. The Morgan fingerprint density at radius 3 is 3.07 bits per heavy atom. The van der Waals surface area contributed by atoms with E-state index in [0.717, 1.165) is 18.6 Å². The molecule has 0 aromatic rings. The summed E-state index contributed by atoms with van der Waals surface area (Å²) < 4.78 is 5.80. The van der Waals surface area contributed by atoms with Gasteiger partial charge >= 0.3 is 0 Å². The van der Waals surface area contributed by atoms with Crippen LogP contribution in [-0.4, -0.2) is 35.9 Å². The maximum Gasteiger partial charge on any atom is 0.167 e. The zero-order valence-corrected chi connectivity index (χ0v) is 9.27. The lowest BCUT2D eigenvalue weighted by molar-refractivity contribution is -0.132. The smallest absolute Gasteiger partial charge is 0.167 e. The molecule has 0 aliphatic carbocycles. The van der Waals surface area contributed by atoms with Crippen molar-refractivity contribution in [2.45, 2.75) is 44.4 Å². The summed E-state index contributed by atoms with van der Waals surface area (Å²) in [6.07, 6.45) is 5.23. The highest BCUT2D eigenvalue weighted by Gasteiger charge is 2.50. The molecule has 0 saturated carbocycles. The third kappa shape index (κ3) is 1.26. The number of piperidine rings is 1. The summed E-state index contributed by atoms with van der Waals surface area (Å²) >= 11 is 0. The number of nitrogens with zero attached hydrogens (tertiary/aromatic N) is 1. The van der Waals surface area contributed by atoms with Crippen LogP contribution in [0, 0.1) is 5.92 Å². The average molecular weight is 207 g/mol. The zero-order chi connectivity index (χ0) is 10.6. The summed E-state index contributed by atoms with van der Waals surface area (Å²) in [5, 5.41) is 0. The zero-order valence-electron chi connectivity index (χ0n) is 9.27. The first-order valence-electron chi connectivity index (χ1n) is 5.77. The predicted octanol–water partition coefficient (Wildman–Crippen LogP) is 1.34. The van der Waals surface area contributed by atoms with Gasteiger partial charge in [0.1, 0.15) is 6.10 Å². The molecule has 0 aromatic heterocycles. The molecule has 3 aliphatic rings. The fourth-order valence-corrected chi connectivity index (χ4v) is 3.48. The number of ether oxygens (including phenoxy) is 1. The predicted molar refractivity (Wildman–Crippen MR) is 56.3 cm³/mol. The molecular weight excluding hydrogens is 190 g/mol. The average Bonchev–Trinajstić information content (AvgIpc) is 2.44. The first kappa shape index (κ1) is 9.40. The Labute approximate surface area is 90.1 Å². The number of hydrogen-bond acceptors (Lipinski definition) is 3. The second-order valence-corrected chi connectivity index (χ2v) is 5.04. The van der Waals surface area contributed by atoms with Gasteiger partial charge in [0.25, 0.3) is 0 Å². The van der Waals surface area contributed by atoms with Crippen LogP contribution in [0.3, 0.4) is 0 Å². The molecule has 3 rings (SSSR count). The van der Waals surface area contributed by atoms with Gasteiger partial charge in [-0.3, -0.25) is 9.69 Å². The molecule has 0 aromatic carbocycles. The summed E-state index contributed by atoms with van der Waals surface area (Å²) in [6.45, 7) is 1.88.